The summed E-state index contributed by atoms with van der Waals surface area (Å²) >= 11 is 12.4. The second-order valence-corrected chi connectivity index (χ2v) is 7.58. The third-order valence-corrected chi connectivity index (χ3v) is 5.61. The van der Waals surface area contributed by atoms with Crippen LogP contribution in [0.1, 0.15) is 12.0 Å². The van der Waals surface area contributed by atoms with E-state index in [-0.39, 0.29) is 11.8 Å². The molecule has 2 amide bonds. The van der Waals surface area contributed by atoms with Crippen molar-refractivity contribution in [2.75, 3.05) is 32.7 Å². The molecule has 158 valence electrons. The largest absolute Gasteiger partial charge is 0.493 e. The summed E-state index contributed by atoms with van der Waals surface area (Å²) in [5.74, 6) is 0.449. The number of carbonyl (C=O) groups is 2. The van der Waals surface area contributed by atoms with Crippen LogP contribution in [0.3, 0.4) is 0 Å². The Morgan fingerprint density at radius 3 is 2.57 bits per heavy atom. The normalized spacial score (nSPS) is 16.2. The maximum atomic E-state index is 12.9. The lowest BCUT2D eigenvalue weighted by Gasteiger charge is -2.23. The van der Waals surface area contributed by atoms with E-state index >= 15 is 0 Å². The van der Waals surface area contributed by atoms with Crippen LogP contribution in [0.4, 0.5) is 5.69 Å². The van der Waals surface area contributed by atoms with E-state index in [2.05, 4.69) is 0 Å². The van der Waals surface area contributed by atoms with Crippen molar-refractivity contribution in [3.8, 4) is 11.5 Å². The molecule has 1 saturated heterocycles. The molecule has 6 nitrogen and oxygen atoms in total. The van der Waals surface area contributed by atoms with Crippen molar-refractivity contribution >= 4 is 46.8 Å². The van der Waals surface area contributed by atoms with Gasteiger partial charge >= 0.3 is 0 Å². The molecule has 30 heavy (non-hydrogen) atoms. The van der Waals surface area contributed by atoms with Crippen molar-refractivity contribution < 1.29 is 19.1 Å². The third kappa shape index (κ3) is 4.40. The van der Waals surface area contributed by atoms with E-state index in [1.807, 2.05) is 12.1 Å². The summed E-state index contributed by atoms with van der Waals surface area (Å²) in [7, 11) is 4.63. The van der Waals surface area contributed by atoms with E-state index in [0.29, 0.717) is 45.8 Å². The molecular weight excluding hydrogens is 427 g/mol. The van der Waals surface area contributed by atoms with E-state index in [1.165, 1.54) is 25.2 Å². The average Bonchev–Trinajstić information content (AvgIpc) is 3.12. The second-order valence-electron chi connectivity index (χ2n) is 6.77. The van der Waals surface area contributed by atoms with Crippen LogP contribution in [-0.2, 0) is 9.59 Å². The number of benzene rings is 2. The molecule has 0 radical (unpaired) electrons. The molecule has 0 aromatic heterocycles. The van der Waals surface area contributed by atoms with Crippen molar-refractivity contribution in [1.82, 2.24) is 4.90 Å². The zero-order chi connectivity index (χ0) is 21.8. The lowest BCUT2D eigenvalue weighted by Crippen LogP contribution is -2.42. The van der Waals surface area contributed by atoms with E-state index in [1.54, 1.807) is 42.3 Å². The molecule has 1 fully saturated rings. The number of nitrogens with zero attached hydrogens (tertiary/aromatic N) is 2. The Hall–Kier alpha value is -2.70. The number of carbonyl (C=O) groups excluding carboxylic acids is 2. The van der Waals surface area contributed by atoms with Crippen LogP contribution in [0, 0.1) is 0 Å². The van der Waals surface area contributed by atoms with Crippen LogP contribution in [0.5, 0.6) is 11.5 Å². The van der Waals surface area contributed by atoms with Gasteiger partial charge < -0.3 is 19.3 Å². The minimum absolute atomic E-state index is 0.151. The Bertz CT molecular complexity index is 993. The Labute approximate surface area is 185 Å². The fourth-order valence-electron chi connectivity index (χ4n) is 3.41. The molecule has 0 spiro atoms. The Morgan fingerprint density at radius 2 is 1.90 bits per heavy atom. The Kier molecular flexibility index (Phi) is 6.90. The van der Waals surface area contributed by atoms with Crippen LogP contribution >= 0.6 is 23.2 Å². The lowest BCUT2D eigenvalue weighted by molar-refractivity contribution is -0.132. The molecule has 8 heteroatoms. The summed E-state index contributed by atoms with van der Waals surface area (Å²) in [6.07, 6.45) is 3.56. The first kappa shape index (κ1) is 22.0. The number of amides is 2. The van der Waals surface area contributed by atoms with Gasteiger partial charge in [-0.05, 0) is 42.3 Å². The zero-order valence-corrected chi connectivity index (χ0v) is 18.4. The van der Waals surface area contributed by atoms with Crippen LogP contribution < -0.4 is 14.4 Å². The maximum absolute atomic E-state index is 12.9. The number of halogens is 2. The third-order valence-electron chi connectivity index (χ3n) is 5.01. The zero-order valence-electron chi connectivity index (χ0n) is 16.9. The topological polar surface area (TPSA) is 59.1 Å². The van der Waals surface area contributed by atoms with Gasteiger partial charge in [-0.15, -0.1) is 0 Å². The first-order chi connectivity index (χ1) is 14.4. The number of methoxy groups -OCH3 is 2. The lowest BCUT2D eigenvalue weighted by atomic mass is 10.1. The highest BCUT2D eigenvalue weighted by molar-refractivity contribution is 6.34. The average molecular weight is 449 g/mol. The monoisotopic (exact) mass is 448 g/mol. The van der Waals surface area contributed by atoms with Gasteiger partial charge in [0, 0.05) is 19.7 Å². The number of rotatable bonds is 6. The first-order valence-electron chi connectivity index (χ1n) is 9.29. The molecule has 1 aliphatic heterocycles. The molecule has 0 N–H and O–H groups in total. The SMILES string of the molecule is COc1cc(/C=C/C(=O)N(C)C2CCN(c3ccccc3Cl)C2=O)cc(Cl)c1OC. The summed E-state index contributed by atoms with van der Waals surface area (Å²) in [5, 5.41) is 0.879. The minimum atomic E-state index is -0.549. The number of hydrogen-bond donors (Lipinski definition) is 0. The quantitative estimate of drug-likeness (QED) is 0.618. The molecule has 1 heterocycles. The van der Waals surface area contributed by atoms with Gasteiger partial charge in [0.1, 0.15) is 6.04 Å². The van der Waals surface area contributed by atoms with Gasteiger partial charge in [-0.2, -0.15) is 0 Å². The summed E-state index contributed by atoms with van der Waals surface area (Å²) in [6.45, 7) is 0.500. The molecule has 2 aromatic carbocycles. The minimum Gasteiger partial charge on any atom is -0.493 e. The molecule has 0 saturated carbocycles. The van der Waals surface area contributed by atoms with Crippen LogP contribution in [0.15, 0.2) is 42.5 Å². The van der Waals surface area contributed by atoms with E-state index in [0.717, 1.165) is 0 Å². The summed E-state index contributed by atoms with van der Waals surface area (Å²) in [5.41, 5.74) is 1.33. The number of hydrogen-bond acceptors (Lipinski definition) is 4. The molecule has 1 atom stereocenters. The van der Waals surface area contributed by atoms with E-state index in [9.17, 15) is 9.59 Å². The molecule has 0 bridgehead atoms. The highest BCUT2D eigenvalue weighted by Crippen LogP contribution is 2.36. The van der Waals surface area contributed by atoms with Gasteiger partial charge in [0.25, 0.3) is 0 Å². The fraction of sp³-hybridized carbons (Fsp3) is 0.273. The van der Waals surface area contributed by atoms with Gasteiger partial charge in [0.2, 0.25) is 11.8 Å². The molecule has 0 aliphatic carbocycles. The van der Waals surface area contributed by atoms with Gasteiger partial charge in [0.05, 0.1) is 30.0 Å². The fourth-order valence-corrected chi connectivity index (χ4v) is 3.94. The van der Waals surface area contributed by atoms with Crippen LogP contribution in [-0.4, -0.2) is 50.6 Å². The van der Waals surface area contributed by atoms with Crippen molar-refractivity contribution in [3.05, 3.63) is 58.1 Å². The molecule has 3 rings (SSSR count). The molecule has 2 aromatic rings. The summed E-state index contributed by atoms with van der Waals surface area (Å²) in [4.78, 5) is 28.6. The van der Waals surface area contributed by atoms with Crippen molar-refractivity contribution in [1.29, 1.82) is 0 Å². The standard InChI is InChI=1S/C22H22Cl2N2O4/c1-25(18-10-11-26(22(18)28)17-7-5-4-6-15(17)23)20(27)9-8-14-12-16(24)21(30-3)19(13-14)29-2/h4-9,12-13,18H,10-11H2,1-3H3/b9-8+. The van der Waals surface area contributed by atoms with E-state index < -0.39 is 6.04 Å². The van der Waals surface area contributed by atoms with Gasteiger partial charge in [-0.25, -0.2) is 0 Å². The number of para-hydroxylation sites is 1. The van der Waals surface area contributed by atoms with Gasteiger partial charge in [-0.3, -0.25) is 9.59 Å². The second kappa shape index (κ2) is 9.41. The van der Waals surface area contributed by atoms with Crippen molar-refractivity contribution in [2.45, 2.75) is 12.5 Å². The van der Waals surface area contributed by atoms with Crippen LogP contribution in [0.25, 0.3) is 6.08 Å². The smallest absolute Gasteiger partial charge is 0.249 e. The molecule has 1 aliphatic rings. The van der Waals surface area contributed by atoms with Crippen molar-refractivity contribution in [2.24, 2.45) is 0 Å². The summed E-state index contributed by atoms with van der Waals surface area (Å²) < 4.78 is 10.5. The van der Waals surface area contributed by atoms with Crippen LogP contribution in [0.2, 0.25) is 10.0 Å². The molecular formula is C22H22Cl2N2O4. The first-order valence-corrected chi connectivity index (χ1v) is 10.0. The highest BCUT2D eigenvalue weighted by atomic mass is 35.5. The van der Waals surface area contributed by atoms with E-state index in [4.69, 9.17) is 32.7 Å². The number of anilines is 1. The predicted molar refractivity (Wildman–Crippen MR) is 119 cm³/mol. The highest BCUT2D eigenvalue weighted by Gasteiger charge is 2.37. The number of likely N-dealkylation sites (N-methyl/N-ethyl adjacent to an activating group) is 1. The van der Waals surface area contributed by atoms with Gasteiger partial charge in [0.15, 0.2) is 11.5 Å². The Morgan fingerprint density at radius 1 is 1.17 bits per heavy atom. The van der Waals surface area contributed by atoms with Gasteiger partial charge in [-0.1, -0.05) is 35.3 Å². The van der Waals surface area contributed by atoms with Crippen molar-refractivity contribution in [3.63, 3.8) is 0 Å². The summed E-state index contributed by atoms with van der Waals surface area (Å²) in [6, 6.07) is 10.0. The maximum Gasteiger partial charge on any atom is 0.249 e. The predicted octanol–water partition coefficient (Wildman–Crippen LogP) is 4.29. The number of ether oxygens (including phenoxy) is 2. The molecule has 1 unspecified atom stereocenters. The Balaban J connectivity index is 1.73.